The normalized spacial score (nSPS) is 11.7. The van der Waals surface area contributed by atoms with Crippen LogP contribution in [0, 0.1) is 11.7 Å². The molecule has 1 unspecified atom stereocenters. The number of halogens is 1. The second-order valence-corrected chi connectivity index (χ2v) is 4.62. The summed E-state index contributed by atoms with van der Waals surface area (Å²) in [7, 11) is 0. The molecule has 0 aliphatic rings. The minimum atomic E-state index is -0.833. The Morgan fingerprint density at radius 1 is 1.35 bits per heavy atom. The van der Waals surface area contributed by atoms with Crippen LogP contribution in [0.2, 0.25) is 0 Å². The fourth-order valence-electron chi connectivity index (χ4n) is 1.63. The second kappa shape index (κ2) is 8.14. The van der Waals surface area contributed by atoms with Crippen molar-refractivity contribution in [1.29, 1.82) is 0 Å². The van der Waals surface area contributed by atoms with Crippen molar-refractivity contribution in [2.75, 3.05) is 6.54 Å². The number of carboxylic acids is 1. The van der Waals surface area contributed by atoms with E-state index in [-0.39, 0.29) is 18.4 Å². The monoisotopic (exact) mass is 282 g/mol. The summed E-state index contributed by atoms with van der Waals surface area (Å²) in [6.07, 6.45) is 1.11. The molecule has 5 nitrogen and oxygen atoms in total. The highest BCUT2D eigenvalue weighted by molar-refractivity contribution is 5.73. The molecule has 0 saturated heterocycles. The molecule has 0 aliphatic carbocycles. The van der Waals surface area contributed by atoms with Crippen molar-refractivity contribution in [1.82, 2.24) is 10.6 Å². The minimum absolute atomic E-state index is 0.245. The maximum absolute atomic E-state index is 12.9. The van der Waals surface area contributed by atoms with Gasteiger partial charge in [0.15, 0.2) is 0 Å². The van der Waals surface area contributed by atoms with Crippen LogP contribution in [0.15, 0.2) is 24.3 Å². The van der Waals surface area contributed by atoms with Crippen LogP contribution in [0.5, 0.6) is 0 Å². The molecule has 0 saturated carbocycles. The summed E-state index contributed by atoms with van der Waals surface area (Å²) in [6.45, 7) is 2.29. The van der Waals surface area contributed by atoms with Crippen LogP contribution in [-0.4, -0.2) is 23.7 Å². The number of carbonyl (C=O) groups is 2. The van der Waals surface area contributed by atoms with E-state index in [1.54, 1.807) is 19.1 Å². The number of carbonyl (C=O) groups excluding carboxylic acids is 1. The van der Waals surface area contributed by atoms with Crippen molar-refractivity contribution in [3.05, 3.63) is 35.6 Å². The van der Waals surface area contributed by atoms with Gasteiger partial charge in [0.05, 0.1) is 5.92 Å². The van der Waals surface area contributed by atoms with E-state index >= 15 is 0 Å². The summed E-state index contributed by atoms with van der Waals surface area (Å²) in [4.78, 5) is 22.0. The molecule has 3 N–H and O–H groups in total. The molecule has 0 radical (unpaired) electrons. The predicted molar refractivity (Wildman–Crippen MR) is 72.7 cm³/mol. The number of hydrogen-bond acceptors (Lipinski definition) is 2. The first-order valence-corrected chi connectivity index (χ1v) is 6.48. The first kappa shape index (κ1) is 15.9. The molecule has 1 rings (SSSR count). The maximum Gasteiger partial charge on any atom is 0.315 e. The summed E-state index contributed by atoms with van der Waals surface area (Å²) in [5.74, 6) is -1.58. The lowest BCUT2D eigenvalue weighted by Crippen LogP contribution is -2.35. The molecule has 0 aliphatic heterocycles. The first-order chi connectivity index (χ1) is 9.49. The fourth-order valence-corrected chi connectivity index (χ4v) is 1.63. The average molecular weight is 282 g/mol. The van der Waals surface area contributed by atoms with E-state index in [2.05, 4.69) is 10.6 Å². The zero-order chi connectivity index (χ0) is 15.0. The van der Waals surface area contributed by atoms with Crippen molar-refractivity contribution >= 4 is 12.0 Å². The number of rotatable bonds is 7. The lowest BCUT2D eigenvalue weighted by Gasteiger charge is -2.09. The average Bonchev–Trinajstić information content (AvgIpc) is 2.41. The Morgan fingerprint density at radius 2 is 2.10 bits per heavy atom. The Balaban J connectivity index is 2.16. The summed E-state index contributed by atoms with van der Waals surface area (Å²) < 4.78 is 12.9. The quantitative estimate of drug-likeness (QED) is 0.670. The van der Waals surface area contributed by atoms with E-state index in [4.69, 9.17) is 5.11 Å². The molecule has 0 fully saturated rings. The predicted octanol–water partition coefficient (Wildman–Crippen LogP) is 2.13. The van der Waals surface area contributed by atoms with Gasteiger partial charge in [-0.15, -0.1) is 0 Å². The number of urea groups is 1. The van der Waals surface area contributed by atoms with Gasteiger partial charge in [-0.3, -0.25) is 4.79 Å². The second-order valence-electron chi connectivity index (χ2n) is 4.62. The third-order valence-corrected chi connectivity index (χ3v) is 2.86. The summed E-state index contributed by atoms with van der Waals surface area (Å²) in [6, 6.07) is 5.65. The van der Waals surface area contributed by atoms with E-state index in [0.29, 0.717) is 24.9 Å². The third kappa shape index (κ3) is 6.17. The van der Waals surface area contributed by atoms with Gasteiger partial charge in [0.2, 0.25) is 0 Å². The highest BCUT2D eigenvalue weighted by Crippen LogP contribution is 2.04. The number of aliphatic carboxylic acids is 1. The highest BCUT2D eigenvalue weighted by Gasteiger charge is 2.10. The van der Waals surface area contributed by atoms with Crippen LogP contribution < -0.4 is 10.6 Å². The lowest BCUT2D eigenvalue weighted by molar-refractivity contribution is -0.141. The lowest BCUT2D eigenvalue weighted by atomic mass is 10.1. The molecular weight excluding hydrogens is 263 g/mol. The largest absolute Gasteiger partial charge is 0.481 e. The fraction of sp³-hybridized carbons (Fsp3) is 0.429. The van der Waals surface area contributed by atoms with E-state index in [1.807, 2.05) is 0 Å². The van der Waals surface area contributed by atoms with Crippen LogP contribution in [-0.2, 0) is 11.3 Å². The Labute approximate surface area is 117 Å². The van der Waals surface area contributed by atoms with Crippen molar-refractivity contribution in [2.45, 2.75) is 26.3 Å². The molecule has 0 spiro atoms. The van der Waals surface area contributed by atoms with Crippen molar-refractivity contribution in [3.8, 4) is 0 Å². The van der Waals surface area contributed by atoms with Crippen LogP contribution in [0.4, 0.5) is 9.18 Å². The van der Waals surface area contributed by atoms with Gasteiger partial charge in [0, 0.05) is 13.1 Å². The van der Waals surface area contributed by atoms with Gasteiger partial charge in [-0.25, -0.2) is 9.18 Å². The van der Waals surface area contributed by atoms with E-state index in [1.165, 1.54) is 12.1 Å². The molecular formula is C14H19FN2O3. The maximum atomic E-state index is 12.9. The van der Waals surface area contributed by atoms with Gasteiger partial charge in [-0.1, -0.05) is 19.1 Å². The van der Waals surface area contributed by atoms with Crippen LogP contribution in [0.3, 0.4) is 0 Å². The van der Waals surface area contributed by atoms with Crippen molar-refractivity contribution in [2.24, 2.45) is 5.92 Å². The number of carboxylic acid groups (broad SMARTS) is 1. The van der Waals surface area contributed by atoms with Crippen LogP contribution in [0.25, 0.3) is 0 Å². The Morgan fingerprint density at radius 3 is 2.75 bits per heavy atom. The molecule has 0 aromatic heterocycles. The topological polar surface area (TPSA) is 78.4 Å². The first-order valence-electron chi connectivity index (χ1n) is 6.48. The van der Waals surface area contributed by atoms with E-state index < -0.39 is 11.9 Å². The summed E-state index contributed by atoms with van der Waals surface area (Å²) >= 11 is 0. The van der Waals surface area contributed by atoms with Gasteiger partial charge in [0.25, 0.3) is 0 Å². The Kier molecular flexibility index (Phi) is 6.49. The molecule has 0 bridgehead atoms. The zero-order valence-corrected chi connectivity index (χ0v) is 11.4. The zero-order valence-electron chi connectivity index (χ0n) is 11.4. The molecule has 1 aromatic rings. The van der Waals surface area contributed by atoms with Crippen LogP contribution in [0.1, 0.15) is 25.3 Å². The SMILES string of the molecule is CC(CCCNC(=O)NCc1cccc(F)c1)C(=O)O. The molecule has 6 heteroatoms. The number of benzene rings is 1. The number of nitrogens with one attached hydrogen (secondary N) is 2. The van der Waals surface area contributed by atoms with Gasteiger partial charge < -0.3 is 15.7 Å². The number of amides is 2. The molecule has 20 heavy (non-hydrogen) atoms. The molecule has 1 atom stereocenters. The van der Waals surface area contributed by atoms with E-state index in [0.717, 1.165) is 0 Å². The third-order valence-electron chi connectivity index (χ3n) is 2.86. The Hall–Kier alpha value is -2.11. The Bertz CT molecular complexity index is 465. The standard InChI is InChI=1S/C14H19FN2O3/c1-10(13(18)19)4-3-7-16-14(20)17-9-11-5-2-6-12(15)8-11/h2,5-6,8,10H,3-4,7,9H2,1H3,(H,18,19)(H2,16,17,20). The molecule has 2 amide bonds. The molecule has 0 heterocycles. The van der Waals surface area contributed by atoms with Crippen molar-refractivity contribution in [3.63, 3.8) is 0 Å². The van der Waals surface area contributed by atoms with Crippen LogP contribution >= 0.6 is 0 Å². The van der Waals surface area contributed by atoms with Gasteiger partial charge in [0.1, 0.15) is 5.82 Å². The molecule has 1 aromatic carbocycles. The van der Waals surface area contributed by atoms with E-state index in [9.17, 15) is 14.0 Å². The summed E-state index contributed by atoms with van der Waals surface area (Å²) in [5.41, 5.74) is 0.680. The smallest absolute Gasteiger partial charge is 0.315 e. The molecule has 110 valence electrons. The van der Waals surface area contributed by atoms with Gasteiger partial charge >= 0.3 is 12.0 Å². The summed E-state index contributed by atoms with van der Waals surface area (Å²) in [5, 5.41) is 13.9. The minimum Gasteiger partial charge on any atom is -0.481 e. The van der Waals surface area contributed by atoms with Gasteiger partial charge in [-0.2, -0.15) is 0 Å². The van der Waals surface area contributed by atoms with Crippen molar-refractivity contribution < 1.29 is 19.1 Å². The number of hydrogen-bond donors (Lipinski definition) is 3. The van der Waals surface area contributed by atoms with Gasteiger partial charge in [-0.05, 0) is 30.5 Å². The highest BCUT2D eigenvalue weighted by atomic mass is 19.1.